The number of hydrogen-bond donors (Lipinski definition) is 2. The summed E-state index contributed by atoms with van der Waals surface area (Å²) < 4.78 is 18.3. The van der Waals surface area contributed by atoms with Gasteiger partial charge in [-0.25, -0.2) is 4.39 Å². The Morgan fingerprint density at radius 2 is 1.83 bits per heavy atom. The lowest BCUT2D eigenvalue weighted by atomic mass is 9.96. The third kappa shape index (κ3) is 3.34. The summed E-state index contributed by atoms with van der Waals surface area (Å²) >= 11 is 0. The van der Waals surface area contributed by atoms with E-state index in [0.29, 0.717) is 13.0 Å². The van der Waals surface area contributed by atoms with Crippen LogP contribution in [0.25, 0.3) is 22.4 Å². The molecular formula is C18H19FN4O. The highest BCUT2D eigenvalue weighted by atomic mass is 19.1. The molecule has 0 fully saturated rings. The van der Waals surface area contributed by atoms with E-state index >= 15 is 0 Å². The van der Waals surface area contributed by atoms with Crippen molar-refractivity contribution in [3.8, 4) is 22.4 Å². The van der Waals surface area contributed by atoms with Crippen LogP contribution < -0.4 is 5.73 Å². The molecule has 3 aromatic rings. The smallest absolute Gasteiger partial charge is 0.123 e. The number of H-pyrrole nitrogens is 1. The second-order valence-electron chi connectivity index (χ2n) is 5.49. The Morgan fingerprint density at radius 1 is 1.12 bits per heavy atom. The highest BCUT2D eigenvalue weighted by Gasteiger charge is 2.21. The average molecular weight is 326 g/mol. The van der Waals surface area contributed by atoms with Crippen LogP contribution in [0.3, 0.4) is 0 Å². The van der Waals surface area contributed by atoms with E-state index < -0.39 is 0 Å². The number of nitrogens with two attached hydrogens (primary N) is 1. The quantitative estimate of drug-likeness (QED) is 0.728. The number of rotatable bonds is 6. The molecule has 0 aliphatic carbocycles. The zero-order chi connectivity index (χ0) is 16.9. The van der Waals surface area contributed by atoms with E-state index in [4.69, 9.17) is 10.5 Å². The molecule has 3 N–H and O–H groups in total. The number of nitrogens with one attached hydrogen (secondary N) is 1. The summed E-state index contributed by atoms with van der Waals surface area (Å²) in [5.41, 5.74) is 10.6. The first-order valence-corrected chi connectivity index (χ1v) is 7.70. The first-order valence-electron chi connectivity index (χ1n) is 7.70. The second kappa shape index (κ2) is 7.33. The molecule has 2 heterocycles. The molecule has 0 bridgehead atoms. The van der Waals surface area contributed by atoms with Crippen LogP contribution in [-0.4, -0.2) is 28.9 Å². The van der Waals surface area contributed by atoms with Gasteiger partial charge in [-0.05, 0) is 48.4 Å². The Labute approximate surface area is 139 Å². The summed E-state index contributed by atoms with van der Waals surface area (Å²) in [5, 5.41) is 7.48. The third-order valence-corrected chi connectivity index (χ3v) is 3.88. The molecule has 1 atom stereocenters. The lowest BCUT2D eigenvalue weighted by Gasteiger charge is -2.12. The van der Waals surface area contributed by atoms with Gasteiger partial charge in [0.25, 0.3) is 0 Å². The average Bonchev–Trinajstić information content (AvgIpc) is 3.06. The summed E-state index contributed by atoms with van der Waals surface area (Å²) in [6.45, 7) is 0.557. The van der Waals surface area contributed by atoms with Gasteiger partial charge in [-0.1, -0.05) is 0 Å². The van der Waals surface area contributed by atoms with E-state index in [-0.39, 0.29) is 11.9 Å². The van der Waals surface area contributed by atoms with E-state index in [2.05, 4.69) is 15.2 Å². The van der Waals surface area contributed by atoms with Crippen molar-refractivity contribution < 1.29 is 9.13 Å². The number of methoxy groups -OCH3 is 1. The topological polar surface area (TPSA) is 76.8 Å². The number of hydrogen-bond acceptors (Lipinski definition) is 4. The van der Waals surface area contributed by atoms with Gasteiger partial charge in [-0.15, -0.1) is 0 Å². The largest absolute Gasteiger partial charge is 0.385 e. The Hall–Kier alpha value is -2.57. The molecule has 0 spiro atoms. The molecule has 1 aromatic carbocycles. The normalized spacial score (nSPS) is 12.3. The van der Waals surface area contributed by atoms with Crippen LogP contribution in [0.15, 0.2) is 48.8 Å². The number of aromatic amines is 1. The molecular weight excluding hydrogens is 307 g/mol. The molecule has 3 rings (SSSR count). The fourth-order valence-corrected chi connectivity index (χ4v) is 2.64. The molecule has 0 radical (unpaired) electrons. The van der Waals surface area contributed by atoms with Gasteiger partial charge in [-0.3, -0.25) is 10.1 Å². The number of ether oxygens (including phenoxy) is 1. The van der Waals surface area contributed by atoms with E-state index in [1.807, 2.05) is 12.1 Å². The second-order valence-corrected chi connectivity index (χ2v) is 5.49. The fourth-order valence-electron chi connectivity index (χ4n) is 2.64. The lowest BCUT2D eigenvalue weighted by Crippen LogP contribution is -2.14. The Balaban J connectivity index is 2.09. The van der Waals surface area contributed by atoms with E-state index in [9.17, 15) is 4.39 Å². The zero-order valence-corrected chi connectivity index (χ0v) is 13.4. The Bertz CT molecular complexity index is 787. The van der Waals surface area contributed by atoms with Crippen molar-refractivity contribution in [2.24, 2.45) is 5.73 Å². The fraction of sp³-hybridized carbons (Fsp3) is 0.222. The Kier molecular flexibility index (Phi) is 4.98. The summed E-state index contributed by atoms with van der Waals surface area (Å²) in [5.74, 6) is -0.281. The van der Waals surface area contributed by atoms with Gasteiger partial charge in [0.2, 0.25) is 0 Å². The molecule has 1 unspecified atom stereocenters. The highest BCUT2D eigenvalue weighted by Crippen LogP contribution is 2.35. The minimum Gasteiger partial charge on any atom is -0.385 e. The van der Waals surface area contributed by atoms with Crippen LogP contribution in [0.2, 0.25) is 0 Å². The number of pyridine rings is 1. The maximum Gasteiger partial charge on any atom is 0.123 e. The third-order valence-electron chi connectivity index (χ3n) is 3.88. The van der Waals surface area contributed by atoms with E-state index in [1.54, 1.807) is 31.6 Å². The van der Waals surface area contributed by atoms with Gasteiger partial charge in [-0.2, -0.15) is 5.10 Å². The van der Waals surface area contributed by atoms with Gasteiger partial charge in [0.1, 0.15) is 11.5 Å². The van der Waals surface area contributed by atoms with Crippen LogP contribution in [0.4, 0.5) is 4.39 Å². The van der Waals surface area contributed by atoms with Gasteiger partial charge >= 0.3 is 0 Å². The number of halogens is 1. The van der Waals surface area contributed by atoms with Crippen molar-refractivity contribution in [3.05, 3.63) is 60.3 Å². The molecule has 5 nitrogen and oxygen atoms in total. The van der Waals surface area contributed by atoms with Gasteiger partial charge in [0.15, 0.2) is 0 Å². The maximum absolute atomic E-state index is 13.2. The summed E-state index contributed by atoms with van der Waals surface area (Å²) in [6.07, 6.45) is 4.11. The van der Waals surface area contributed by atoms with Crippen LogP contribution in [0.5, 0.6) is 0 Å². The summed E-state index contributed by atoms with van der Waals surface area (Å²) in [4.78, 5) is 4.06. The van der Waals surface area contributed by atoms with Gasteiger partial charge in [0.05, 0.1) is 5.69 Å². The molecule has 124 valence electrons. The van der Waals surface area contributed by atoms with Crippen LogP contribution >= 0.6 is 0 Å². The minimum absolute atomic E-state index is 0.241. The molecule has 0 aliphatic heterocycles. The predicted molar refractivity (Wildman–Crippen MR) is 90.6 cm³/mol. The zero-order valence-electron chi connectivity index (χ0n) is 13.4. The van der Waals surface area contributed by atoms with Crippen molar-refractivity contribution in [2.45, 2.75) is 12.5 Å². The van der Waals surface area contributed by atoms with E-state index in [1.165, 1.54) is 12.1 Å². The molecule has 0 amide bonds. The summed E-state index contributed by atoms with van der Waals surface area (Å²) in [6, 6.07) is 9.83. The van der Waals surface area contributed by atoms with Gasteiger partial charge < -0.3 is 10.5 Å². The SMILES string of the molecule is COCCC(N)c1[nH]nc(-c2ccc(F)cc2)c1-c1ccncc1. The lowest BCUT2D eigenvalue weighted by molar-refractivity contribution is 0.187. The number of aromatic nitrogens is 3. The minimum atomic E-state index is -0.281. The summed E-state index contributed by atoms with van der Waals surface area (Å²) in [7, 11) is 1.65. The van der Waals surface area contributed by atoms with Gasteiger partial charge in [0, 0.05) is 43.3 Å². The molecule has 0 aliphatic rings. The predicted octanol–water partition coefficient (Wildman–Crippen LogP) is 3.31. The van der Waals surface area contributed by atoms with Crippen molar-refractivity contribution in [2.75, 3.05) is 13.7 Å². The molecule has 0 saturated heterocycles. The monoisotopic (exact) mass is 326 g/mol. The number of benzene rings is 1. The van der Waals surface area contributed by atoms with Crippen molar-refractivity contribution in [3.63, 3.8) is 0 Å². The van der Waals surface area contributed by atoms with Crippen LogP contribution in [-0.2, 0) is 4.74 Å². The maximum atomic E-state index is 13.2. The van der Waals surface area contributed by atoms with Crippen LogP contribution in [0, 0.1) is 5.82 Å². The number of nitrogens with zero attached hydrogens (tertiary/aromatic N) is 2. The van der Waals surface area contributed by atoms with Crippen molar-refractivity contribution in [1.82, 2.24) is 15.2 Å². The Morgan fingerprint density at radius 3 is 2.50 bits per heavy atom. The molecule has 6 heteroatoms. The molecule has 24 heavy (non-hydrogen) atoms. The highest BCUT2D eigenvalue weighted by molar-refractivity contribution is 5.82. The first-order chi connectivity index (χ1) is 11.7. The first kappa shape index (κ1) is 16.3. The molecule has 0 saturated carbocycles. The van der Waals surface area contributed by atoms with Crippen molar-refractivity contribution >= 4 is 0 Å². The molecule has 2 aromatic heterocycles. The van der Waals surface area contributed by atoms with E-state index in [0.717, 1.165) is 28.1 Å². The van der Waals surface area contributed by atoms with Crippen LogP contribution in [0.1, 0.15) is 18.2 Å². The standard InChI is InChI=1S/C18H19FN4O/c1-24-11-8-15(20)18-16(12-6-9-21-10-7-12)17(22-23-18)13-2-4-14(19)5-3-13/h2-7,9-10,15H,8,11,20H2,1H3,(H,22,23). The van der Waals surface area contributed by atoms with Crippen molar-refractivity contribution in [1.29, 1.82) is 0 Å².